The molecular formula is C18H21NO2S. The molecule has 116 valence electrons. The van der Waals surface area contributed by atoms with E-state index < -0.39 is 0 Å². The van der Waals surface area contributed by atoms with Crippen molar-refractivity contribution in [3.63, 3.8) is 0 Å². The molecule has 0 radical (unpaired) electrons. The fraction of sp³-hybridized carbons (Fsp3) is 0.278. The summed E-state index contributed by atoms with van der Waals surface area (Å²) in [6.45, 7) is 1.91. The smallest absolute Gasteiger partial charge is 0.238 e. The molecule has 0 aromatic heterocycles. The predicted molar refractivity (Wildman–Crippen MR) is 90.8 cm³/mol. The molecule has 0 saturated heterocycles. The summed E-state index contributed by atoms with van der Waals surface area (Å²) in [7, 11) is 0. The molecular weight excluding hydrogens is 294 g/mol. The Labute approximate surface area is 135 Å². The fourth-order valence-electron chi connectivity index (χ4n) is 2.09. The van der Waals surface area contributed by atoms with E-state index in [1.807, 2.05) is 67.6 Å². The first kappa shape index (κ1) is 16.6. The zero-order valence-corrected chi connectivity index (χ0v) is 13.4. The van der Waals surface area contributed by atoms with E-state index in [0.29, 0.717) is 6.42 Å². The maximum Gasteiger partial charge on any atom is 0.238 e. The highest BCUT2D eigenvalue weighted by Gasteiger charge is 2.23. The third-order valence-corrected chi connectivity index (χ3v) is 4.66. The van der Waals surface area contributed by atoms with Crippen molar-refractivity contribution in [3.8, 4) is 0 Å². The zero-order chi connectivity index (χ0) is 15.8. The van der Waals surface area contributed by atoms with Gasteiger partial charge in [0.2, 0.25) is 5.91 Å². The summed E-state index contributed by atoms with van der Waals surface area (Å²) in [5.41, 5.74) is 0.960. The van der Waals surface area contributed by atoms with Crippen molar-refractivity contribution < 1.29 is 9.90 Å². The van der Waals surface area contributed by atoms with E-state index in [1.165, 1.54) is 11.8 Å². The number of carbonyl (C=O) groups excluding carboxylic acids is 1. The molecule has 2 aromatic rings. The number of aliphatic hydroxyl groups is 1. The van der Waals surface area contributed by atoms with E-state index in [9.17, 15) is 9.90 Å². The van der Waals surface area contributed by atoms with Crippen LogP contribution in [0.3, 0.4) is 0 Å². The molecule has 0 bridgehead atoms. The molecule has 4 heteroatoms. The van der Waals surface area contributed by atoms with Gasteiger partial charge >= 0.3 is 0 Å². The van der Waals surface area contributed by atoms with E-state index in [4.69, 9.17) is 0 Å². The van der Waals surface area contributed by atoms with E-state index in [0.717, 1.165) is 10.5 Å². The first-order valence-electron chi connectivity index (χ1n) is 7.42. The highest BCUT2D eigenvalue weighted by molar-refractivity contribution is 8.00. The maximum absolute atomic E-state index is 12.6. The minimum absolute atomic E-state index is 0.0419. The van der Waals surface area contributed by atoms with Crippen molar-refractivity contribution in [1.29, 1.82) is 0 Å². The first-order valence-corrected chi connectivity index (χ1v) is 8.30. The van der Waals surface area contributed by atoms with Crippen molar-refractivity contribution in [2.24, 2.45) is 0 Å². The Morgan fingerprint density at radius 3 is 2.23 bits per heavy atom. The molecule has 2 unspecified atom stereocenters. The molecule has 0 saturated carbocycles. The van der Waals surface area contributed by atoms with Crippen LogP contribution in [0, 0.1) is 0 Å². The summed E-state index contributed by atoms with van der Waals surface area (Å²) in [5, 5.41) is 11.9. The van der Waals surface area contributed by atoms with Gasteiger partial charge in [-0.15, -0.1) is 11.8 Å². The van der Waals surface area contributed by atoms with E-state index in [2.05, 4.69) is 5.32 Å². The number of rotatable bonds is 7. The number of hydrogen-bond acceptors (Lipinski definition) is 3. The Hall–Kier alpha value is -1.78. The summed E-state index contributed by atoms with van der Waals surface area (Å²) in [5.74, 6) is -0.0686. The zero-order valence-electron chi connectivity index (χ0n) is 12.6. The fourth-order valence-corrected chi connectivity index (χ4v) is 3.14. The van der Waals surface area contributed by atoms with Gasteiger partial charge in [-0.05, 0) is 24.1 Å². The van der Waals surface area contributed by atoms with Crippen LogP contribution in [0.1, 0.15) is 24.2 Å². The average molecular weight is 315 g/mol. The minimum Gasteiger partial charge on any atom is -0.394 e. The number of carbonyl (C=O) groups is 1. The monoisotopic (exact) mass is 315 g/mol. The highest BCUT2D eigenvalue weighted by atomic mass is 32.2. The lowest BCUT2D eigenvalue weighted by Crippen LogP contribution is -2.39. The lowest BCUT2D eigenvalue weighted by Gasteiger charge is -2.20. The van der Waals surface area contributed by atoms with Crippen molar-refractivity contribution in [2.75, 3.05) is 6.61 Å². The van der Waals surface area contributed by atoms with Gasteiger partial charge in [0.1, 0.15) is 5.25 Å². The standard InChI is InChI=1S/C18H21NO2S/c1-2-15(13-20)19-18(21)17(14-9-5-3-6-10-14)22-16-11-7-4-8-12-16/h3-12,15,17,20H,2,13H2,1H3,(H,19,21). The van der Waals surface area contributed by atoms with Gasteiger partial charge in [0, 0.05) is 4.90 Å². The quantitative estimate of drug-likeness (QED) is 0.770. The maximum atomic E-state index is 12.6. The van der Waals surface area contributed by atoms with Gasteiger partial charge in [0.05, 0.1) is 12.6 Å². The van der Waals surface area contributed by atoms with E-state index in [-0.39, 0.29) is 23.8 Å². The molecule has 0 spiro atoms. The van der Waals surface area contributed by atoms with Gasteiger partial charge in [0.15, 0.2) is 0 Å². The normalized spacial score (nSPS) is 13.4. The highest BCUT2D eigenvalue weighted by Crippen LogP contribution is 2.35. The summed E-state index contributed by atoms with van der Waals surface area (Å²) in [6.07, 6.45) is 0.708. The number of amides is 1. The number of thioether (sulfide) groups is 1. The van der Waals surface area contributed by atoms with Gasteiger partial charge in [-0.25, -0.2) is 0 Å². The van der Waals surface area contributed by atoms with Crippen LogP contribution >= 0.6 is 11.8 Å². The molecule has 0 aliphatic heterocycles. The van der Waals surface area contributed by atoms with Crippen LogP contribution < -0.4 is 5.32 Å². The van der Waals surface area contributed by atoms with Crippen LogP contribution in [-0.4, -0.2) is 23.7 Å². The van der Waals surface area contributed by atoms with Crippen LogP contribution in [0.4, 0.5) is 0 Å². The number of hydrogen-bond donors (Lipinski definition) is 2. The molecule has 0 aliphatic carbocycles. The molecule has 2 aromatic carbocycles. The van der Waals surface area contributed by atoms with Crippen molar-refractivity contribution >= 4 is 17.7 Å². The van der Waals surface area contributed by atoms with Crippen molar-refractivity contribution in [2.45, 2.75) is 29.5 Å². The molecule has 2 rings (SSSR count). The Morgan fingerprint density at radius 1 is 1.09 bits per heavy atom. The van der Waals surface area contributed by atoms with E-state index in [1.54, 1.807) is 0 Å². The van der Waals surface area contributed by atoms with Crippen LogP contribution in [-0.2, 0) is 4.79 Å². The molecule has 1 amide bonds. The van der Waals surface area contributed by atoms with Gasteiger partial charge in [-0.2, -0.15) is 0 Å². The van der Waals surface area contributed by atoms with E-state index >= 15 is 0 Å². The molecule has 0 aliphatic rings. The number of benzene rings is 2. The van der Waals surface area contributed by atoms with Crippen molar-refractivity contribution in [3.05, 3.63) is 66.2 Å². The van der Waals surface area contributed by atoms with Crippen LogP contribution in [0.2, 0.25) is 0 Å². The number of aliphatic hydroxyl groups excluding tert-OH is 1. The summed E-state index contributed by atoms with van der Waals surface area (Å²) < 4.78 is 0. The topological polar surface area (TPSA) is 49.3 Å². The van der Waals surface area contributed by atoms with Crippen LogP contribution in [0.5, 0.6) is 0 Å². The third-order valence-electron chi connectivity index (χ3n) is 3.40. The summed E-state index contributed by atoms with van der Waals surface area (Å²) >= 11 is 1.52. The van der Waals surface area contributed by atoms with Gasteiger partial charge in [-0.3, -0.25) is 4.79 Å². The van der Waals surface area contributed by atoms with Crippen LogP contribution in [0.25, 0.3) is 0 Å². The third kappa shape index (κ3) is 4.61. The van der Waals surface area contributed by atoms with Gasteiger partial charge in [-0.1, -0.05) is 55.5 Å². The number of nitrogens with one attached hydrogen (secondary N) is 1. The van der Waals surface area contributed by atoms with Crippen molar-refractivity contribution in [1.82, 2.24) is 5.32 Å². The Kier molecular flexibility index (Phi) is 6.49. The second kappa shape index (κ2) is 8.61. The summed E-state index contributed by atoms with van der Waals surface area (Å²) in [6, 6.07) is 19.4. The largest absolute Gasteiger partial charge is 0.394 e. The second-order valence-electron chi connectivity index (χ2n) is 5.02. The Bertz CT molecular complexity index is 570. The Balaban J connectivity index is 2.20. The first-order chi connectivity index (χ1) is 10.7. The van der Waals surface area contributed by atoms with Gasteiger partial charge < -0.3 is 10.4 Å². The SMILES string of the molecule is CCC(CO)NC(=O)C(Sc1ccccc1)c1ccccc1. The van der Waals surface area contributed by atoms with Crippen LogP contribution in [0.15, 0.2) is 65.6 Å². The predicted octanol–water partition coefficient (Wildman–Crippen LogP) is 3.41. The lowest BCUT2D eigenvalue weighted by atomic mass is 10.1. The molecule has 0 heterocycles. The Morgan fingerprint density at radius 2 is 1.68 bits per heavy atom. The molecule has 2 N–H and O–H groups in total. The average Bonchev–Trinajstić information content (AvgIpc) is 2.59. The summed E-state index contributed by atoms with van der Waals surface area (Å²) in [4.78, 5) is 13.7. The minimum atomic E-state index is -0.329. The molecule has 2 atom stereocenters. The molecule has 22 heavy (non-hydrogen) atoms. The molecule has 0 fully saturated rings. The molecule has 3 nitrogen and oxygen atoms in total. The van der Waals surface area contributed by atoms with Gasteiger partial charge in [0.25, 0.3) is 0 Å². The second-order valence-corrected chi connectivity index (χ2v) is 6.20. The lowest BCUT2D eigenvalue weighted by molar-refractivity contribution is -0.121.